The highest BCUT2D eigenvalue weighted by Crippen LogP contribution is 2.35. The second kappa shape index (κ2) is 8.53. The van der Waals surface area contributed by atoms with Crippen LogP contribution >= 0.6 is 0 Å². The van der Waals surface area contributed by atoms with Crippen molar-refractivity contribution in [2.45, 2.75) is 13.3 Å². The molecule has 0 radical (unpaired) electrons. The van der Waals surface area contributed by atoms with Crippen LogP contribution in [0.15, 0.2) is 48.5 Å². The Morgan fingerprint density at radius 3 is 2.48 bits per heavy atom. The minimum Gasteiger partial charge on any atom is -0.454 e. The molecule has 2 aliphatic rings. The summed E-state index contributed by atoms with van der Waals surface area (Å²) in [5.74, 6) is 1.72. The number of rotatable bonds is 7. The van der Waals surface area contributed by atoms with Crippen molar-refractivity contribution in [3.63, 3.8) is 0 Å². The van der Waals surface area contributed by atoms with E-state index >= 15 is 0 Å². The second-order valence-electron chi connectivity index (χ2n) is 7.14. The molecule has 0 amide bonds. The van der Waals surface area contributed by atoms with Gasteiger partial charge in [-0.3, -0.25) is 4.90 Å². The molecule has 0 N–H and O–H groups in total. The summed E-state index contributed by atoms with van der Waals surface area (Å²) in [5, 5.41) is 0. The Balaban J connectivity index is 1.23. The molecule has 2 aromatic carbocycles. The van der Waals surface area contributed by atoms with Crippen LogP contribution in [0, 0.1) is 0 Å². The van der Waals surface area contributed by atoms with Crippen molar-refractivity contribution >= 4 is 11.4 Å². The number of anilines is 2. The highest BCUT2D eigenvalue weighted by molar-refractivity contribution is 5.57. The predicted molar refractivity (Wildman–Crippen MR) is 110 cm³/mol. The summed E-state index contributed by atoms with van der Waals surface area (Å²) < 4.78 is 10.9. The summed E-state index contributed by atoms with van der Waals surface area (Å²) in [4.78, 5) is 7.50. The van der Waals surface area contributed by atoms with Gasteiger partial charge in [-0.25, -0.2) is 0 Å². The van der Waals surface area contributed by atoms with Gasteiger partial charge in [-0.05, 0) is 44.2 Å². The third kappa shape index (κ3) is 4.30. The number of piperazine rings is 1. The van der Waals surface area contributed by atoms with Crippen molar-refractivity contribution < 1.29 is 9.47 Å². The van der Waals surface area contributed by atoms with E-state index in [1.165, 1.54) is 17.8 Å². The van der Waals surface area contributed by atoms with Gasteiger partial charge in [-0.1, -0.05) is 18.2 Å². The van der Waals surface area contributed by atoms with Crippen LogP contribution in [0.2, 0.25) is 0 Å². The maximum Gasteiger partial charge on any atom is 0.231 e. The minimum absolute atomic E-state index is 0.333. The molecular formula is C22H29N3O2. The van der Waals surface area contributed by atoms with Crippen molar-refractivity contribution in [3.05, 3.63) is 48.5 Å². The van der Waals surface area contributed by atoms with E-state index < -0.39 is 0 Å². The number of fused-ring (bicyclic) bond motifs is 1. The smallest absolute Gasteiger partial charge is 0.231 e. The van der Waals surface area contributed by atoms with Crippen LogP contribution in [0.25, 0.3) is 0 Å². The Morgan fingerprint density at radius 1 is 0.926 bits per heavy atom. The van der Waals surface area contributed by atoms with E-state index in [0.717, 1.165) is 57.3 Å². The van der Waals surface area contributed by atoms with Gasteiger partial charge in [0.1, 0.15) is 0 Å². The lowest BCUT2D eigenvalue weighted by Crippen LogP contribution is -2.47. The summed E-state index contributed by atoms with van der Waals surface area (Å²) in [7, 11) is 0. The van der Waals surface area contributed by atoms with Gasteiger partial charge in [0.05, 0.1) is 0 Å². The molecule has 1 saturated heterocycles. The van der Waals surface area contributed by atoms with Gasteiger partial charge in [-0.15, -0.1) is 0 Å². The molecule has 0 atom stereocenters. The van der Waals surface area contributed by atoms with E-state index in [4.69, 9.17) is 9.47 Å². The van der Waals surface area contributed by atoms with Crippen molar-refractivity contribution in [1.29, 1.82) is 0 Å². The quantitative estimate of drug-likeness (QED) is 0.747. The summed E-state index contributed by atoms with van der Waals surface area (Å²) in [6.45, 7) is 10.3. The first-order valence-corrected chi connectivity index (χ1v) is 10.0. The number of para-hydroxylation sites is 1. The Bertz CT molecular complexity index is 730. The van der Waals surface area contributed by atoms with Crippen LogP contribution in [0.3, 0.4) is 0 Å². The molecule has 4 rings (SSSR count). The van der Waals surface area contributed by atoms with Crippen LogP contribution in [-0.2, 0) is 0 Å². The van der Waals surface area contributed by atoms with E-state index in [1.54, 1.807) is 0 Å². The van der Waals surface area contributed by atoms with Crippen molar-refractivity contribution in [3.8, 4) is 11.5 Å². The third-order valence-corrected chi connectivity index (χ3v) is 5.50. The average molecular weight is 367 g/mol. The molecule has 0 bridgehead atoms. The lowest BCUT2D eigenvalue weighted by Gasteiger charge is -2.36. The van der Waals surface area contributed by atoms with E-state index in [1.807, 2.05) is 6.07 Å². The van der Waals surface area contributed by atoms with E-state index in [0.29, 0.717) is 6.79 Å². The molecule has 144 valence electrons. The first-order valence-electron chi connectivity index (χ1n) is 10.0. The molecule has 0 saturated carbocycles. The molecule has 0 aliphatic carbocycles. The normalized spacial score (nSPS) is 16.6. The number of ether oxygens (including phenoxy) is 2. The largest absolute Gasteiger partial charge is 0.454 e. The van der Waals surface area contributed by atoms with Gasteiger partial charge in [0.15, 0.2) is 11.5 Å². The van der Waals surface area contributed by atoms with Crippen LogP contribution < -0.4 is 19.3 Å². The molecule has 5 heteroatoms. The van der Waals surface area contributed by atoms with E-state index in [2.05, 4.69) is 64.1 Å². The monoisotopic (exact) mass is 367 g/mol. The molecule has 5 nitrogen and oxygen atoms in total. The molecule has 0 spiro atoms. The van der Waals surface area contributed by atoms with Gasteiger partial charge in [0.2, 0.25) is 6.79 Å². The molecule has 2 aromatic rings. The molecule has 27 heavy (non-hydrogen) atoms. The first-order chi connectivity index (χ1) is 13.3. The molecule has 0 unspecified atom stereocenters. The Kier molecular flexibility index (Phi) is 5.68. The highest BCUT2D eigenvalue weighted by Gasteiger charge is 2.18. The fourth-order valence-electron chi connectivity index (χ4n) is 3.91. The highest BCUT2D eigenvalue weighted by atomic mass is 16.7. The predicted octanol–water partition coefficient (Wildman–Crippen LogP) is 3.45. The number of hydrogen-bond donors (Lipinski definition) is 0. The Morgan fingerprint density at radius 2 is 1.70 bits per heavy atom. The van der Waals surface area contributed by atoms with Crippen molar-refractivity contribution in [2.75, 3.05) is 62.4 Å². The summed E-state index contributed by atoms with van der Waals surface area (Å²) in [6.07, 6.45) is 1.17. The van der Waals surface area contributed by atoms with Crippen LogP contribution in [0.5, 0.6) is 11.5 Å². The molecule has 2 aliphatic heterocycles. The van der Waals surface area contributed by atoms with Crippen LogP contribution in [0.1, 0.15) is 13.3 Å². The minimum atomic E-state index is 0.333. The maximum atomic E-state index is 5.52. The summed E-state index contributed by atoms with van der Waals surface area (Å²) in [5.41, 5.74) is 2.56. The van der Waals surface area contributed by atoms with E-state index in [-0.39, 0.29) is 0 Å². The third-order valence-electron chi connectivity index (χ3n) is 5.50. The SMILES string of the molecule is CCN(CCCN1CCN(c2ccccc2)CC1)c1ccc2c(c1)OCO2. The summed E-state index contributed by atoms with van der Waals surface area (Å²) >= 11 is 0. The van der Waals surface area contributed by atoms with Gasteiger partial charge >= 0.3 is 0 Å². The van der Waals surface area contributed by atoms with Crippen molar-refractivity contribution in [1.82, 2.24) is 4.90 Å². The Labute approximate surface area is 162 Å². The number of hydrogen-bond acceptors (Lipinski definition) is 5. The second-order valence-corrected chi connectivity index (χ2v) is 7.14. The molecule has 1 fully saturated rings. The molecular weight excluding hydrogens is 338 g/mol. The first kappa shape index (κ1) is 18.0. The fraction of sp³-hybridized carbons (Fsp3) is 0.455. The average Bonchev–Trinajstić information content (AvgIpc) is 3.20. The lowest BCUT2D eigenvalue weighted by molar-refractivity contribution is 0.174. The topological polar surface area (TPSA) is 28.2 Å². The van der Waals surface area contributed by atoms with Crippen LogP contribution in [0.4, 0.5) is 11.4 Å². The zero-order valence-corrected chi connectivity index (χ0v) is 16.1. The lowest BCUT2D eigenvalue weighted by atomic mass is 10.2. The van der Waals surface area contributed by atoms with E-state index in [9.17, 15) is 0 Å². The fourth-order valence-corrected chi connectivity index (χ4v) is 3.91. The maximum absolute atomic E-state index is 5.52. The van der Waals surface area contributed by atoms with Gasteiger partial charge in [0.25, 0.3) is 0 Å². The van der Waals surface area contributed by atoms with Crippen molar-refractivity contribution in [2.24, 2.45) is 0 Å². The number of benzene rings is 2. The number of nitrogens with zero attached hydrogens (tertiary/aromatic N) is 3. The van der Waals surface area contributed by atoms with Gasteiger partial charge in [0, 0.05) is 56.7 Å². The zero-order valence-electron chi connectivity index (χ0n) is 16.1. The summed E-state index contributed by atoms with van der Waals surface area (Å²) in [6, 6.07) is 17.0. The van der Waals surface area contributed by atoms with Crippen LogP contribution in [-0.4, -0.2) is 57.5 Å². The molecule has 0 aromatic heterocycles. The van der Waals surface area contributed by atoms with Gasteiger partial charge in [-0.2, -0.15) is 0 Å². The molecule has 2 heterocycles. The standard InChI is InChI=1S/C22H29N3O2/c1-2-24(20-9-10-21-22(17-20)27-18-26-21)12-6-11-23-13-15-25(16-14-23)19-7-4-3-5-8-19/h3-5,7-10,17H,2,6,11-16,18H2,1H3. The van der Waals surface area contributed by atoms with Gasteiger partial charge < -0.3 is 19.3 Å². The Hall–Kier alpha value is -2.40. The zero-order chi connectivity index (χ0) is 18.5.